The number of aromatic nitrogens is 1. The summed E-state index contributed by atoms with van der Waals surface area (Å²) in [6, 6.07) is 24.3. The number of carbonyl (C=O) groups is 1. The minimum Gasteiger partial charge on any atom is -0.325 e. The SMILES string of the molecule is O=C1Cc2c(-c3ccccc3)cc(-c3cccs3)nc2-c2ccccc2N1. The van der Waals surface area contributed by atoms with Gasteiger partial charge < -0.3 is 5.32 Å². The van der Waals surface area contributed by atoms with Gasteiger partial charge in [0.05, 0.1) is 28.4 Å². The lowest BCUT2D eigenvalue weighted by Crippen LogP contribution is -2.13. The molecule has 1 aliphatic heterocycles. The smallest absolute Gasteiger partial charge is 0.228 e. The lowest BCUT2D eigenvalue weighted by molar-refractivity contribution is -0.115. The van der Waals surface area contributed by atoms with Crippen molar-refractivity contribution in [1.29, 1.82) is 0 Å². The highest BCUT2D eigenvalue weighted by Gasteiger charge is 2.24. The number of anilines is 1. The van der Waals surface area contributed by atoms with Crippen LogP contribution in [0.4, 0.5) is 5.69 Å². The van der Waals surface area contributed by atoms with Gasteiger partial charge in [-0.05, 0) is 40.3 Å². The molecule has 27 heavy (non-hydrogen) atoms. The first-order chi connectivity index (χ1) is 13.3. The summed E-state index contributed by atoms with van der Waals surface area (Å²) in [5, 5.41) is 5.09. The van der Waals surface area contributed by atoms with E-state index in [-0.39, 0.29) is 5.91 Å². The second-order valence-electron chi connectivity index (χ2n) is 6.50. The van der Waals surface area contributed by atoms with Crippen molar-refractivity contribution in [2.45, 2.75) is 6.42 Å². The maximum atomic E-state index is 12.6. The van der Waals surface area contributed by atoms with Crippen molar-refractivity contribution in [3.63, 3.8) is 0 Å². The summed E-state index contributed by atoms with van der Waals surface area (Å²) in [6.07, 6.45) is 0.311. The number of amides is 1. The number of hydrogen-bond donors (Lipinski definition) is 1. The van der Waals surface area contributed by atoms with E-state index in [0.29, 0.717) is 6.42 Å². The fraction of sp³-hybridized carbons (Fsp3) is 0.0435. The molecule has 0 unspecified atom stereocenters. The van der Waals surface area contributed by atoms with Gasteiger partial charge in [0.25, 0.3) is 0 Å². The third kappa shape index (κ3) is 2.84. The summed E-state index contributed by atoms with van der Waals surface area (Å²) in [5.41, 5.74) is 6.74. The Labute approximate surface area is 161 Å². The van der Waals surface area contributed by atoms with Gasteiger partial charge in [-0.1, -0.05) is 54.6 Å². The van der Waals surface area contributed by atoms with E-state index in [1.165, 1.54) is 0 Å². The van der Waals surface area contributed by atoms with E-state index in [1.54, 1.807) is 11.3 Å². The normalized spacial score (nSPS) is 12.7. The molecule has 4 heteroatoms. The quantitative estimate of drug-likeness (QED) is 0.497. The largest absolute Gasteiger partial charge is 0.325 e. The Balaban J connectivity index is 1.85. The van der Waals surface area contributed by atoms with E-state index >= 15 is 0 Å². The first-order valence-corrected chi connectivity index (χ1v) is 9.70. The molecule has 3 nitrogen and oxygen atoms in total. The van der Waals surface area contributed by atoms with Crippen molar-refractivity contribution in [2.24, 2.45) is 0 Å². The van der Waals surface area contributed by atoms with Crippen LogP contribution in [0.25, 0.3) is 33.0 Å². The molecule has 0 atom stereocenters. The molecule has 0 radical (unpaired) electrons. The van der Waals surface area contributed by atoms with Crippen LogP contribution in [0.15, 0.2) is 78.2 Å². The van der Waals surface area contributed by atoms with E-state index in [1.807, 2.05) is 48.5 Å². The van der Waals surface area contributed by atoms with Crippen molar-refractivity contribution in [2.75, 3.05) is 5.32 Å². The van der Waals surface area contributed by atoms with Crippen molar-refractivity contribution < 1.29 is 4.79 Å². The summed E-state index contributed by atoms with van der Waals surface area (Å²) >= 11 is 1.67. The molecular formula is C23H16N2OS. The lowest BCUT2D eigenvalue weighted by Gasteiger charge is -2.15. The Morgan fingerprint density at radius 3 is 2.52 bits per heavy atom. The maximum absolute atomic E-state index is 12.6. The standard InChI is InChI=1S/C23H16N2OS/c26-22-14-18-17(15-7-2-1-3-8-15)13-20(21-11-6-12-27-21)25-23(18)16-9-4-5-10-19(16)24-22/h1-13H,14H2,(H,24,26). The van der Waals surface area contributed by atoms with Gasteiger partial charge >= 0.3 is 0 Å². The molecule has 3 heterocycles. The Hall–Kier alpha value is -3.24. The molecule has 1 N–H and O–H groups in total. The fourth-order valence-corrected chi connectivity index (χ4v) is 4.24. The molecule has 0 aliphatic carbocycles. The molecule has 5 rings (SSSR count). The predicted molar refractivity (Wildman–Crippen MR) is 111 cm³/mol. The first-order valence-electron chi connectivity index (χ1n) is 8.82. The number of nitrogens with one attached hydrogen (secondary N) is 1. The second-order valence-corrected chi connectivity index (χ2v) is 7.44. The van der Waals surface area contributed by atoms with Crippen LogP contribution in [0.3, 0.4) is 0 Å². The van der Waals surface area contributed by atoms with Crippen LogP contribution in [-0.4, -0.2) is 10.9 Å². The van der Waals surface area contributed by atoms with Gasteiger partial charge in [-0.25, -0.2) is 4.98 Å². The molecule has 130 valence electrons. The number of nitrogens with zero attached hydrogens (tertiary/aromatic N) is 1. The predicted octanol–water partition coefficient (Wildman–Crippen LogP) is 5.64. The minimum absolute atomic E-state index is 0.0101. The van der Waals surface area contributed by atoms with Crippen molar-refractivity contribution in [3.8, 4) is 33.0 Å². The van der Waals surface area contributed by atoms with Gasteiger partial charge in [0.15, 0.2) is 0 Å². The van der Waals surface area contributed by atoms with Gasteiger partial charge in [-0.15, -0.1) is 11.3 Å². The van der Waals surface area contributed by atoms with Crippen LogP contribution < -0.4 is 5.32 Å². The van der Waals surface area contributed by atoms with Gasteiger partial charge in [-0.2, -0.15) is 0 Å². The zero-order chi connectivity index (χ0) is 18.2. The molecule has 2 aromatic carbocycles. The Morgan fingerprint density at radius 2 is 1.70 bits per heavy atom. The zero-order valence-corrected chi connectivity index (χ0v) is 15.3. The zero-order valence-electron chi connectivity index (χ0n) is 14.5. The number of rotatable bonds is 2. The highest BCUT2D eigenvalue weighted by molar-refractivity contribution is 7.13. The molecule has 0 bridgehead atoms. The average molecular weight is 368 g/mol. The first kappa shape index (κ1) is 16.0. The van der Waals surface area contributed by atoms with Crippen LogP contribution in [0.1, 0.15) is 5.56 Å². The van der Waals surface area contributed by atoms with Crippen LogP contribution >= 0.6 is 11.3 Å². The molecule has 0 saturated carbocycles. The number of thiophene rings is 1. The van der Waals surface area contributed by atoms with Crippen LogP contribution in [0.5, 0.6) is 0 Å². The highest BCUT2D eigenvalue weighted by Crippen LogP contribution is 2.40. The second kappa shape index (κ2) is 6.49. The molecule has 1 amide bonds. The third-order valence-electron chi connectivity index (χ3n) is 4.78. The number of carbonyl (C=O) groups excluding carboxylic acids is 1. The van der Waals surface area contributed by atoms with E-state index in [0.717, 1.165) is 44.2 Å². The number of pyridine rings is 1. The number of para-hydroxylation sites is 1. The van der Waals surface area contributed by atoms with Crippen molar-refractivity contribution >= 4 is 22.9 Å². The molecular weight excluding hydrogens is 352 g/mol. The summed E-state index contributed by atoms with van der Waals surface area (Å²) in [4.78, 5) is 18.7. The molecule has 1 aliphatic rings. The number of benzene rings is 2. The van der Waals surface area contributed by atoms with Crippen LogP contribution in [0.2, 0.25) is 0 Å². The Kier molecular flexibility index (Phi) is 3.84. The van der Waals surface area contributed by atoms with Crippen LogP contribution in [0, 0.1) is 0 Å². The minimum atomic E-state index is -0.0101. The van der Waals surface area contributed by atoms with E-state index in [2.05, 4.69) is 35.0 Å². The summed E-state index contributed by atoms with van der Waals surface area (Å²) in [7, 11) is 0. The van der Waals surface area contributed by atoms with Gasteiger partial charge in [-0.3, -0.25) is 4.79 Å². The lowest BCUT2D eigenvalue weighted by atomic mass is 9.93. The van der Waals surface area contributed by atoms with Gasteiger partial charge in [0.1, 0.15) is 0 Å². The third-order valence-corrected chi connectivity index (χ3v) is 5.67. The van der Waals surface area contributed by atoms with E-state index in [4.69, 9.17) is 4.98 Å². The summed E-state index contributed by atoms with van der Waals surface area (Å²) < 4.78 is 0. The van der Waals surface area contributed by atoms with E-state index in [9.17, 15) is 4.79 Å². The fourth-order valence-electron chi connectivity index (χ4n) is 3.55. The molecule has 2 aromatic heterocycles. The number of hydrogen-bond acceptors (Lipinski definition) is 3. The Morgan fingerprint density at radius 1 is 0.889 bits per heavy atom. The molecule has 0 spiro atoms. The van der Waals surface area contributed by atoms with Gasteiger partial charge in [0, 0.05) is 5.56 Å². The van der Waals surface area contributed by atoms with Crippen molar-refractivity contribution in [3.05, 3.63) is 83.7 Å². The highest BCUT2D eigenvalue weighted by atomic mass is 32.1. The maximum Gasteiger partial charge on any atom is 0.228 e. The summed E-state index contributed by atoms with van der Waals surface area (Å²) in [5.74, 6) is -0.0101. The molecule has 0 saturated heterocycles. The van der Waals surface area contributed by atoms with Crippen LogP contribution in [-0.2, 0) is 11.2 Å². The van der Waals surface area contributed by atoms with Gasteiger partial charge in [0.2, 0.25) is 5.91 Å². The molecule has 4 aromatic rings. The van der Waals surface area contributed by atoms with E-state index < -0.39 is 0 Å². The monoisotopic (exact) mass is 368 g/mol. The van der Waals surface area contributed by atoms with Crippen molar-refractivity contribution in [1.82, 2.24) is 4.98 Å². The average Bonchev–Trinajstić information content (AvgIpc) is 3.19. The summed E-state index contributed by atoms with van der Waals surface area (Å²) in [6.45, 7) is 0. The Bertz CT molecular complexity index is 1130. The number of fused-ring (bicyclic) bond motifs is 3. The molecule has 0 fully saturated rings. The topological polar surface area (TPSA) is 42.0 Å².